The number of hydrogen-bond donors (Lipinski definition) is 0. The van der Waals surface area contributed by atoms with E-state index >= 15 is 0 Å². The van der Waals surface area contributed by atoms with Gasteiger partial charge in [0.1, 0.15) is 12.7 Å². The minimum atomic E-state index is 0.132. The molecule has 132 valence electrons. The average Bonchev–Trinajstić information content (AvgIpc) is 3.22. The Kier molecular flexibility index (Phi) is 4.78. The molecule has 1 aromatic heterocycles. The third-order valence-corrected chi connectivity index (χ3v) is 5.08. The number of hydrogen-bond acceptors (Lipinski definition) is 3. The Morgan fingerprint density at radius 3 is 2.15 bits per heavy atom. The van der Waals surface area contributed by atoms with E-state index in [1.807, 2.05) is 51.9 Å². The van der Waals surface area contributed by atoms with Crippen LogP contribution in [-0.2, 0) is 6.54 Å². The minimum Gasteiger partial charge on any atom is -0.339 e. The van der Waals surface area contributed by atoms with E-state index in [0.29, 0.717) is 5.92 Å². The Bertz CT molecular complexity index is 835. The highest BCUT2D eigenvalue weighted by Crippen LogP contribution is 2.23. The summed E-state index contributed by atoms with van der Waals surface area (Å²) in [5.74, 6) is 0.711. The highest BCUT2D eigenvalue weighted by Gasteiger charge is 2.23. The van der Waals surface area contributed by atoms with Crippen molar-refractivity contribution in [3.05, 3.63) is 72.8 Å². The van der Waals surface area contributed by atoms with E-state index in [1.165, 1.54) is 5.56 Å². The molecule has 4 rings (SSSR count). The molecule has 26 heavy (non-hydrogen) atoms. The lowest BCUT2D eigenvalue weighted by Gasteiger charge is -2.32. The topological polar surface area (TPSA) is 51.0 Å². The highest BCUT2D eigenvalue weighted by atomic mass is 16.2. The molecule has 5 nitrogen and oxygen atoms in total. The van der Waals surface area contributed by atoms with Crippen LogP contribution < -0.4 is 0 Å². The lowest BCUT2D eigenvalue weighted by Crippen LogP contribution is -2.39. The van der Waals surface area contributed by atoms with E-state index in [2.05, 4.69) is 22.3 Å². The largest absolute Gasteiger partial charge is 0.339 e. The summed E-state index contributed by atoms with van der Waals surface area (Å²) in [6, 6.07) is 18.2. The molecular weight excluding hydrogens is 324 g/mol. The van der Waals surface area contributed by atoms with Crippen molar-refractivity contribution in [2.45, 2.75) is 19.4 Å². The van der Waals surface area contributed by atoms with Gasteiger partial charge in [0.25, 0.3) is 5.91 Å². The maximum absolute atomic E-state index is 12.8. The van der Waals surface area contributed by atoms with E-state index in [4.69, 9.17) is 0 Å². The number of rotatable bonds is 4. The van der Waals surface area contributed by atoms with Gasteiger partial charge in [0.05, 0.1) is 0 Å². The number of aromatic nitrogens is 3. The number of carbonyl (C=O) groups is 1. The van der Waals surface area contributed by atoms with Gasteiger partial charge in [-0.25, -0.2) is 0 Å². The number of piperidine rings is 1. The first-order valence-corrected chi connectivity index (χ1v) is 9.07. The molecule has 0 bridgehead atoms. The van der Waals surface area contributed by atoms with Gasteiger partial charge in [0.2, 0.25) is 0 Å². The summed E-state index contributed by atoms with van der Waals surface area (Å²) < 4.78 is 2.02. The second-order valence-electron chi connectivity index (χ2n) is 6.84. The molecule has 0 spiro atoms. The van der Waals surface area contributed by atoms with Crippen LogP contribution in [0.3, 0.4) is 0 Å². The minimum absolute atomic E-state index is 0.132. The fourth-order valence-corrected chi connectivity index (χ4v) is 3.55. The molecule has 2 heterocycles. The van der Waals surface area contributed by atoms with Crippen molar-refractivity contribution in [2.75, 3.05) is 13.1 Å². The van der Waals surface area contributed by atoms with Crippen molar-refractivity contribution in [3.63, 3.8) is 0 Å². The van der Waals surface area contributed by atoms with Crippen molar-refractivity contribution in [2.24, 2.45) is 5.92 Å². The van der Waals surface area contributed by atoms with Gasteiger partial charge in [-0.05, 0) is 42.0 Å². The third-order valence-electron chi connectivity index (χ3n) is 5.08. The third kappa shape index (κ3) is 3.67. The normalized spacial score (nSPS) is 15.2. The van der Waals surface area contributed by atoms with Crippen LogP contribution in [0.2, 0.25) is 0 Å². The molecular formula is C21H22N4O. The quantitative estimate of drug-likeness (QED) is 0.726. The molecule has 1 amide bonds. The Labute approximate surface area is 153 Å². The van der Waals surface area contributed by atoms with E-state index in [1.54, 1.807) is 12.7 Å². The maximum atomic E-state index is 12.8. The standard InChI is InChI=1S/C21H22N4O/c26-21(20-8-6-19(7-9-20)18-4-2-1-3-5-18)25-12-10-17(11-13-25)14-24-15-22-23-16-24/h1-9,15-17H,10-14H2. The van der Waals surface area contributed by atoms with Crippen LogP contribution in [0, 0.1) is 5.92 Å². The smallest absolute Gasteiger partial charge is 0.253 e. The van der Waals surface area contributed by atoms with Crippen molar-refractivity contribution < 1.29 is 4.79 Å². The second-order valence-corrected chi connectivity index (χ2v) is 6.84. The van der Waals surface area contributed by atoms with Crippen LogP contribution in [0.5, 0.6) is 0 Å². The molecule has 0 saturated carbocycles. The fourth-order valence-electron chi connectivity index (χ4n) is 3.55. The molecule has 2 aromatic carbocycles. The summed E-state index contributed by atoms with van der Waals surface area (Å²) in [5, 5.41) is 7.70. The Morgan fingerprint density at radius 2 is 1.50 bits per heavy atom. The van der Waals surface area contributed by atoms with E-state index in [0.717, 1.165) is 43.6 Å². The van der Waals surface area contributed by atoms with E-state index < -0.39 is 0 Å². The Morgan fingerprint density at radius 1 is 0.885 bits per heavy atom. The van der Waals surface area contributed by atoms with Crippen LogP contribution in [0.15, 0.2) is 67.3 Å². The summed E-state index contributed by atoms with van der Waals surface area (Å²) in [7, 11) is 0. The number of carbonyl (C=O) groups excluding carboxylic acids is 1. The van der Waals surface area contributed by atoms with Gasteiger partial charge in [-0.1, -0.05) is 42.5 Å². The van der Waals surface area contributed by atoms with Crippen molar-refractivity contribution >= 4 is 5.91 Å². The predicted octanol–water partition coefficient (Wildman–Crippen LogP) is 3.50. The van der Waals surface area contributed by atoms with Crippen LogP contribution in [0.4, 0.5) is 0 Å². The van der Waals surface area contributed by atoms with Crippen LogP contribution in [0.1, 0.15) is 23.2 Å². The number of nitrogens with zero attached hydrogens (tertiary/aromatic N) is 4. The van der Waals surface area contributed by atoms with Crippen LogP contribution in [-0.4, -0.2) is 38.7 Å². The molecule has 3 aromatic rings. The first kappa shape index (κ1) is 16.5. The molecule has 0 aliphatic carbocycles. The molecule has 1 aliphatic rings. The predicted molar refractivity (Wildman–Crippen MR) is 101 cm³/mol. The number of likely N-dealkylation sites (tertiary alicyclic amines) is 1. The summed E-state index contributed by atoms with van der Waals surface area (Å²) in [4.78, 5) is 14.7. The number of amides is 1. The summed E-state index contributed by atoms with van der Waals surface area (Å²) in [6.07, 6.45) is 5.55. The van der Waals surface area contributed by atoms with E-state index in [-0.39, 0.29) is 5.91 Å². The molecule has 0 atom stereocenters. The van der Waals surface area contributed by atoms with Crippen LogP contribution >= 0.6 is 0 Å². The molecule has 5 heteroatoms. The van der Waals surface area contributed by atoms with Gasteiger partial charge < -0.3 is 9.47 Å². The molecule has 1 saturated heterocycles. The monoisotopic (exact) mass is 346 g/mol. The molecule has 0 N–H and O–H groups in total. The SMILES string of the molecule is O=C(c1ccc(-c2ccccc2)cc1)N1CCC(Cn2cnnc2)CC1. The first-order chi connectivity index (χ1) is 12.8. The van der Waals surface area contributed by atoms with Crippen molar-refractivity contribution in [1.82, 2.24) is 19.7 Å². The zero-order chi connectivity index (χ0) is 17.8. The molecule has 1 fully saturated rings. The zero-order valence-electron chi connectivity index (χ0n) is 14.7. The Hall–Kier alpha value is -2.95. The number of benzene rings is 2. The molecule has 0 unspecified atom stereocenters. The van der Waals surface area contributed by atoms with Crippen molar-refractivity contribution in [1.29, 1.82) is 0 Å². The van der Waals surface area contributed by atoms with Gasteiger partial charge >= 0.3 is 0 Å². The van der Waals surface area contributed by atoms with Gasteiger partial charge in [0, 0.05) is 25.2 Å². The van der Waals surface area contributed by atoms with Gasteiger partial charge in [-0.2, -0.15) is 0 Å². The molecule has 0 radical (unpaired) electrons. The summed E-state index contributed by atoms with van der Waals surface area (Å²) in [5.41, 5.74) is 3.07. The first-order valence-electron chi connectivity index (χ1n) is 9.07. The lowest BCUT2D eigenvalue weighted by molar-refractivity contribution is 0.0683. The fraction of sp³-hybridized carbons (Fsp3) is 0.286. The van der Waals surface area contributed by atoms with E-state index in [9.17, 15) is 4.79 Å². The zero-order valence-corrected chi connectivity index (χ0v) is 14.7. The van der Waals surface area contributed by atoms with Gasteiger partial charge in [-0.15, -0.1) is 10.2 Å². The molecule has 1 aliphatic heterocycles. The maximum Gasteiger partial charge on any atom is 0.253 e. The average molecular weight is 346 g/mol. The Balaban J connectivity index is 1.36. The second kappa shape index (κ2) is 7.52. The summed E-state index contributed by atoms with van der Waals surface area (Å²) >= 11 is 0. The highest BCUT2D eigenvalue weighted by molar-refractivity contribution is 5.94. The van der Waals surface area contributed by atoms with Crippen LogP contribution in [0.25, 0.3) is 11.1 Å². The lowest BCUT2D eigenvalue weighted by atomic mass is 9.96. The van der Waals surface area contributed by atoms with Gasteiger partial charge in [-0.3, -0.25) is 4.79 Å². The van der Waals surface area contributed by atoms with Gasteiger partial charge in [0.15, 0.2) is 0 Å². The summed E-state index contributed by atoms with van der Waals surface area (Å²) in [6.45, 7) is 2.55. The van der Waals surface area contributed by atoms with Crippen molar-refractivity contribution in [3.8, 4) is 11.1 Å².